The predicted octanol–water partition coefficient (Wildman–Crippen LogP) is 4.31. The third-order valence-corrected chi connectivity index (χ3v) is 10.7. The smallest absolute Gasteiger partial charge is 0.261 e. The van der Waals surface area contributed by atoms with E-state index in [-0.39, 0.29) is 35.2 Å². The van der Waals surface area contributed by atoms with E-state index < -0.39 is 6.04 Å². The molecule has 0 bridgehead atoms. The van der Waals surface area contributed by atoms with Crippen LogP contribution in [0.25, 0.3) is 0 Å². The third kappa shape index (κ3) is 4.51. The first kappa shape index (κ1) is 25.5. The van der Waals surface area contributed by atoms with E-state index in [0.29, 0.717) is 30.6 Å². The topological polar surface area (TPSA) is 96.9 Å². The molecule has 1 heterocycles. The molecule has 4 fully saturated rings. The van der Waals surface area contributed by atoms with Gasteiger partial charge in [-0.2, -0.15) is 0 Å². The van der Waals surface area contributed by atoms with Gasteiger partial charge in [-0.05, 0) is 112 Å². The highest BCUT2D eigenvalue weighted by Crippen LogP contribution is 2.66. The first-order valence-corrected chi connectivity index (χ1v) is 14.2. The molecule has 7 heteroatoms. The van der Waals surface area contributed by atoms with Gasteiger partial charge < -0.3 is 15.5 Å². The molecule has 0 spiro atoms. The maximum atomic E-state index is 12.4. The van der Waals surface area contributed by atoms with E-state index in [1.807, 2.05) is 0 Å². The van der Waals surface area contributed by atoms with Gasteiger partial charge in [0.2, 0.25) is 5.91 Å². The van der Waals surface area contributed by atoms with Crippen LogP contribution in [0, 0.1) is 34.5 Å². The molecule has 7 atom stereocenters. The maximum absolute atomic E-state index is 12.4. The summed E-state index contributed by atoms with van der Waals surface area (Å²) < 4.78 is 0. The molecule has 0 aromatic heterocycles. The molecule has 3 saturated carbocycles. The minimum Gasteiger partial charge on any atom is -0.385 e. The maximum Gasteiger partial charge on any atom is 0.261 e. The van der Waals surface area contributed by atoms with E-state index in [4.69, 9.17) is 4.84 Å². The van der Waals surface area contributed by atoms with Gasteiger partial charge in [0.1, 0.15) is 11.8 Å². The Hall–Kier alpha value is -2.18. The SMILES string of the molecule is CC(=O)C1CCC2C3CCC4=C/C(=N\OCC(=O)NC5CCCCNC5=O)CCC4(C)C3CCC12C. The minimum absolute atomic E-state index is 0.114. The molecule has 0 aromatic rings. The third-order valence-electron chi connectivity index (χ3n) is 10.7. The number of nitrogens with one attached hydrogen (secondary N) is 2. The summed E-state index contributed by atoms with van der Waals surface area (Å²) in [6.45, 7) is 7.16. The van der Waals surface area contributed by atoms with E-state index in [2.05, 4.69) is 35.7 Å². The number of Topliss-reactive ketones (excluding diaryl/α,β-unsaturated/α-hetero) is 1. The predicted molar refractivity (Wildman–Crippen MR) is 138 cm³/mol. The molecule has 198 valence electrons. The summed E-state index contributed by atoms with van der Waals surface area (Å²) in [7, 11) is 0. The quantitative estimate of drug-likeness (QED) is 0.553. The van der Waals surface area contributed by atoms with Crippen molar-refractivity contribution in [2.45, 2.75) is 97.4 Å². The standard InChI is InChI=1S/C29H43N3O4/c1-18(33)22-9-10-23-21-8-7-19-16-20(11-13-28(19,2)24(21)12-14-29(22,23)3)32-36-17-26(34)31-25-6-4-5-15-30-27(25)35/h16,21-25H,4-15,17H2,1-3H3,(H,30,35)(H,31,34)/b32-20-. The number of ketones is 1. The fraction of sp³-hybridized carbons (Fsp3) is 0.793. The summed E-state index contributed by atoms with van der Waals surface area (Å²) in [5, 5.41) is 9.93. The number of hydrogen-bond acceptors (Lipinski definition) is 5. The van der Waals surface area contributed by atoms with Gasteiger partial charge >= 0.3 is 0 Å². The second-order valence-electron chi connectivity index (χ2n) is 12.6. The van der Waals surface area contributed by atoms with Crippen LogP contribution in [0.3, 0.4) is 0 Å². The van der Waals surface area contributed by atoms with Gasteiger partial charge in [-0.25, -0.2) is 0 Å². The van der Waals surface area contributed by atoms with Gasteiger partial charge in [-0.3, -0.25) is 14.4 Å². The summed E-state index contributed by atoms with van der Waals surface area (Å²) in [4.78, 5) is 42.2. The second kappa shape index (κ2) is 9.94. The lowest BCUT2D eigenvalue weighted by Gasteiger charge is -2.58. The zero-order valence-electron chi connectivity index (χ0n) is 22.2. The summed E-state index contributed by atoms with van der Waals surface area (Å²) in [6, 6.07) is -0.480. The number of carbonyl (C=O) groups is 3. The molecule has 7 unspecified atom stereocenters. The van der Waals surface area contributed by atoms with Crippen LogP contribution in [0.4, 0.5) is 0 Å². The molecular weight excluding hydrogens is 454 g/mol. The Labute approximate surface area is 215 Å². The summed E-state index contributed by atoms with van der Waals surface area (Å²) in [5.41, 5.74) is 2.79. The number of hydrogen-bond donors (Lipinski definition) is 2. The zero-order valence-corrected chi connectivity index (χ0v) is 22.2. The van der Waals surface area contributed by atoms with E-state index >= 15 is 0 Å². The number of rotatable bonds is 5. The Morgan fingerprint density at radius 1 is 1.08 bits per heavy atom. The van der Waals surface area contributed by atoms with Gasteiger partial charge in [-0.1, -0.05) is 24.6 Å². The normalized spacial score (nSPS) is 41.2. The lowest BCUT2D eigenvalue weighted by Crippen LogP contribution is -2.51. The van der Waals surface area contributed by atoms with Crippen LogP contribution in [0.15, 0.2) is 16.8 Å². The van der Waals surface area contributed by atoms with Crippen molar-refractivity contribution in [3.63, 3.8) is 0 Å². The molecule has 1 saturated heterocycles. The zero-order chi connectivity index (χ0) is 25.5. The Morgan fingerprint density at radius 2 is 1.92 bits per heavy atom. The molecule has 2 N–H and O–H groups in total. The minimum atomic E-state index is -0.480. The van der Waals surface area contributed by atoms with Crippen molar-refractivity contribution in [3.8, 4) is 0 Å². The lowest BCUT2D eigenvalue weighted by atomic mass is 9.46. The van der Waals surface area contributed by atoms with Crippen molar-refractivity contribution in [3.05, 3.63) is 11.6 Å². The van der Waals surface area contributed by atoms with Crippen molar-refractivity contribution >= 4 is 23.3 Å². The number of amides is 2. The number of allylic oxidation sites excluding steroid dienone is 2. The second-order valence-corrected chi connectivity index (χ2v) is 12.6. The first-order valence-electron chi connectivity index (χ1n) is 14.2. The molecule has 2 amide bonds. The van der Waals surface area contributed by atoms with Crippen molar-refractivity contribution in [1.29, 1.82) is 0 Å². The van der Waals surface area contributed by atoms with Crippen LogP contribution in [-0.2, 0) is 19.2 Å². The van der Waals surface area contributed by atoms with Gasteiger partial charge in [0.05, 0.1) is 5.71 Å². The van der Waals surface area contributed by atoms with Gasteiger partial charge in [0.15, 0.2) is 6.61 Å². The van der Waals surface area contributed by atoms with Crippen molar-refractivity contribution in [1.82, 2.24) is 10.6 Å². The average Bonchev–Trinajstić information content (AvgIpc) is 3.08. The van der Waals surface area contributed by atoms with Crippen LogP contribution in [0.5, 0.6) is 0 Å². The molecule has 4 aliphatic carbocycles. The van der Waals surface area contributed by atoms with E-state index in [9.17, 15) is 14.4 Å². The molecule has 0 radical (unpaired) electrons. The lowest BCUT2D eigenvalue weighted by molar-refractivity contribution is -0.131. The first-order chi connectivity index (χ1) is 17.2. The fourth-order valence-electron chi connectivity index (χ4n) is 8.80. The Kier molecular flexibility index (Phi) is 7.03. The van der Waals surface area contributed by atoms with Crippen LogP contribution < -0.4 is 10.6 Å². The van der Waals surface area contributed by atoms with Crippen molar-refractivity contribution < 1.29 is 19.2 Å². The molecule has 1 aliphatic heterocycles. The number of nitrogens with zero attached hydrogens (tertiary/aromatic N) is 1. The summed E-state index contributed by atoms with van der Waals surface area (Å²) in [5.74, 6) is 2.30. The van der Waals surface area contributed by atoms with Gasteiger partial charge in [0.25, 0.3) is 5.91 Å². The van der Waals surface area contributed by atoms with Crippen LogP contribution in [-0.4, -0.2) is 42.5 Å². The average molecular weight is 498 g/mol. The highest BCUT2D eigenvalue weighted by molar-refractivity contribution is 5.96. The van der Waals surface area contributed by atoms with Crippen LogP contribution in [0.1, 0.15) is 91.4 Å². The molecule has 36 heavy (non-hydrogen) atoms. The Balaban J connectivity index is 1.20. The largest absolute Gasteiger partial charge is 0.385 e. The van der Waals surface area contributed by atoms with E-state index in [0.717, 1.165) is 50.2 Å². The van der Waals surface area contributed by atoms with E-state index in [1.54, 1.807) is 6.92 Å². The number of fused-ring (bicyclic) bond motifs is 5. The summed E-state index contributed by atoms with van der Waals surface area (Å²) in [6.07, 6.45) is 13.6. The van der Waals surface area contributed by atoms with E-state index in [1.165, 1.54) is 31.3 Å². The molecule has 5 rings (SSSR count). The number of oxime groups is 1. The van der Waals surface area contributed by atoms with Crippen molar-refractivity contribution in [2.24, 2.45) is 39.7 Å². The molecule has 0 aromatic carbocycles. The van der Waals surface area contributed by atoms with Gasteiger partial charge in [0, 0.05) is 12.5 Å². The Bertz CT molecular complexity index is 974. The highest BCUT2D eigenvalue weighted by atomic mass is 16.6. The molecule has 5 aliphatic rings. The monoisotopic (exact) mass is 497 g/mol. The van der Waals surface area contributed by atoms with Gasteiger partial charge in [-0.15, -0.1) is 0 Å². The van der Waals surface area contributed by atoms with Crippen LogP contribution in [0.2, 0.25) is 0 Å². The fourth-order valence-corrected chi connectivity index (χ4v) is 8.80. The Morgan fingerprint density at radius 3 is 2.72 bits per heavy atom. The number of carbonyl (C=O) groups excluding carboxylic acids is 3. The highest BCUT2D eigenvalue weighted by Gasteiger charge is 2.59. The molecule has 7 nitrogen and oxygen atoms in total. The molecular formula is C29H43N3O4. The van der Waals surface area contributed by atoms with Crippen molar-refractivity contribution in [2.75, 3.05) is 13.2 Å². The summed E-state index contributed by atoms with van der Waals surface area (Å²) >= 11 is 0. The van der Waals surface area contributed by atoms with Crippen LogP contribution >= 0.6 is 0 Å².